The Morgan fingerprint density at radius 2 is 2.13 bits per heavy atom. The molecule has 2 aromatic rings. The fraction of sp³-hybridized carbons (Fsp3) is 0.500. The first kappa shape index (κ1) is 21.3. The number of halogens is 3. The predicted octanol–water partition coefficient (Wildman–Crippen LogP) is 2.06. The minimum Gasteiger partial charge on any atom is -0.377 e. The van der Waals surface area contributed by atoms with E-state index in [9.17, 15) is 22.8 Å². The molecule has 2 aliphatic rings. The largest absolute Gasteiger partial charge is 0.409 e. The molecule has 0 radical (unpaired) electrons. The van der Waals surface area contributed by atoms with Crippen molar-refractivity contribution in [2.45, 2.75) is 31.6 Å². The van der Waals surface area contributed by atoms with Gasteiger partial charge in [-0.05, 0) is 25.5 Å². The number of morpholine rings is 1. The number of rotatable bonds is 4. The average Bonchev–Trinajstić information content (AvgIpc) is 2.74. The standard InChI is InChI=1S/C20H22F3N5O3/c1-13-12-31-8-7-27(13)17-9-18(30)28-16(20(21,22)23)4-6-26(19(28)25-17)11-15(29)14-3-2-5-24-10-14/h2-3,5,9-10,13,16H,4,6-8,11-12H2,1H3. The summed E-state index contributed by atoms with van der Waals surface area (Å²) in [6, 6.07) is 2.26. The minimum atomic E-state index is -4.60. The van der Waals surface area contributed by atoms with E-state index in [-0.39, 0.29) is 43.1 Å². The van der Waals surface area contributed by atoms with Crippen LogP contribution in [0.5, 0.6) is 0 Å². The Bertz CT molecular complexity index is 1010. The average molecular weight is 437 g/mol. The Balaban J connectivity index is 1.74. The van der Waals surface area contributed by atoms with Gasteiger partial charge in [-0.2, -0.15) is 18.2 Å². The van der Waals surface area contributed by atoms with Gasteiger partial charge in [-0.25, -0.2) is 0 Å². The lowest BCUT2D eigenvalue weighted by molar-refractivity contribution is -0.170. The number of ether oxygens (including phenoxy) is 1. The third-order valence-electron chi connectivity index (χ3n) is 5.54. The normalized spacial score (nSPS) is 21.7. The number of nitrogens with zero attached hydrogens (tertiary/aromatic N) is 5. The number of hydrogen-bond acceptors (Lipinski definition) is 7. The molecule has 8 nitrogen and oxygen atoms in total. The van der Waals surface area contributed by atoms with Gasteiger partial charge in [0.25, 0.3) is 5.56 Å². The Morgan fingerprint density at radius 1 is 1.32 bits per heavy atom. The van der Waals surface area contributed by atoms with Crippen LogP contribution in [0.2, 0.25) is 0 Å². The molecule has 0 saturated carbocycles. The summed E-state index contributed by atoms with van der Waals surface area (Å²) in [5.74, 6) is -0.176. The maximum absolute atomic E-state index is 13.7. The summed E-state index contributed by atoms with van der Waals surface area (Å²) < 4.78 is 47.1. The zero-order valence-corrected chi connectivity index (χ0v) is 16.9. The molecule has 166 valence electrons. The van der Waals surface area contributed by atoms with Crippen molar-refractivity contribution in [1.82, 2.24) is 14.5 Å². The summed E-state index contributed by atoms with van der Waals surface area (Å²) in [5, 5.41) is 0. The fourth-order valence-corrected chi connectivity index (χ4v) is 3.96. The van der Waals surface area contributed by atoms with Crippen molar-refractivity contribution >= 4 is 17.5 Å². The molecule has 31 heavy (non-hydrogen) atoms. The second-order valence-electron chi connectivity index (χ2n) is 7.67. The lowest BCUT2D eigenvalue weighted by Gasteiger charge is -2.38. The van der Waals surface area contributed by atoms with Gasteiger partial charge in [0.15, 0.2) is 5.78 Å². The Morgan fingerprint density at radius 3 is 2.81 bits per heavy atom. The van der Waals surface area contributed by atoms with Crippen molar-refractivity contribution in [2.75, 3.05) is 42.6 Å². The van der Waals surface area contributed by atoms with E-state index in [0.29, 0.717) is 29.9 Å². The van der Waals surface area contributed by atoms with E-state index in [2.05, 4.69) is 9.97 Å². The number of ketones is 1. The van der Waals surface area contributed by atoms with Crippen LogP contribution in [-0.4, -0.2) is 65.4 Å². The number of pyridine rings is 1. The highest BCUT2D eigenvalue weighted by molar-refractivity contribution is 5.98. The highest BCUT2D eigenvalue weighted by Gasteiger charge is 2.46. The molecule has 0 spiro atoms. The molecule has 0 N–H and O–H groups in total. The van der Waals surface area contributed by atoms with Crippen molar-refractivity contribution in [3.63, 3.8) is 0 Å². The SMILES string of the molecule is CC1COCCN1c1cc(=O)n2c(n1)N(CC(=O)c1cccnc1)CCC2C(F)(F)F. The van der Waals surface area contributed by atoms with Gasteiger partial charge in [-0.15, -0.1) is 0 Å². The molecule has 2 aliphatic heterocycles. The molecule has 0 aromatic carbocycles. The number of anilines is 2. The molecular weight excluding hydrogens is 415 g/mol. The monoisotopic (exact) mass is 437 g/mol. The van der Waals surface area contributed by atoms with Crippen molar-refractivity contribution in [2.24, 2.45) is 0 Å². The Hall–Kier alpha value is -2.95. The first-order valence-corrected chi connectivity index (χ1v) is 9.98. The van der Waals surface area contributed by atoms with Gasteiger partial charge in [0, 0.05) is 37.1 Å². The molecule has 0 amide bonds. The number of carbonyl (C=O) groups is 1. The summed E-state index contributed by atoms with van der Waals surface area (Å²) in [5.41, 5.74) is -0.452. The van der Waals surface area contributed by atoms with Crippen LogP contribution < -0.4 is 15.4 Å². The topological polar surface area (TPSA) is 80.6 Å². The molecule has 1 saturated heterocycles. The van der Waals surface area contributed by atoms with E-state index < -0.39 is 17.8 Å². The van der Waals surface area contributed by atoms with Gasteiger partial charge in [0.2, 0.25) is 5.95 Å². The molecule has 4 rings (SSSR count). The third kappa shape index (κ3) is 4.27. The quantitative estimate of drug-likeness (QED) is 0.678. The van der Waals surface area contributed by atoms with E-state index in [4.69, 9.17) is 4.74 Å². The van der Waals surface area contributed by atoms with E-state index in [1.807, 2.05) is 11.8 Å². The number of aromatic nitrogens is 3. The second kappa shape index (κ2) is 8.29. The van der Waals surface area contributed by atoms with Crippen molar-refractivity contribution in [1.29, 1.82) is 0 Å². The zero-order chi connectivity index (χ0) is 22.2. The predicted molar refractivity (Wildman–Crippen MR) is 107 cm³/mol. The van der Waals surface area contributed by atoms with E-state index in [1.54, 1.807) is 12.1 Å². The van der Waals surface area contributed by atoms with E-state index in [1.165, 1.54) is 17.3 Å². The molecule has 2 aromatic heterocycles. The summed E-state index contributed by atoms with van der Waals surface area (Å²) in [7, 11) is 0. The number of hydrogen-bond donors (Lipinski definition) is 0. The lowest BCUT2D eigenvalue weighted by Crippen LogP contribution is -2.49. The van der Waals surface area contributed by atoms with Crippen LogP contribution in [0.15, 0.2) is 35.4 Å². The van der Waals surface area contributed by atoms with Crippen molar-refractivity contribution < 1.29 is 22.7 Å². The molecule has 4 heterocycles. The molecule has 11 heteroatoms. The summed E-state index contributed by atoms with van der Waals surface area (Å²) >= 11 is 0. The van der Waals surface area contributed by atoms with Crippen LogP contribution in [0.25, 0.3) is 0 Å². The summed E-state index contributed by atoms with van der Waals surface area (Å²) in [6.07, 6.45) is -2.02. The fourth-order valence-electron chi connectivity index (χ4n) is 3.96. The van der Waals surface area contributed by atoms with Gasteiger partial charge in [-0.1, -0.05) is 0 Å². The van der Waals surface area contributed by atoms with Crippen LogP contribution >= 0.6 is 0 Å². The van der Waals surface area contributed by atoms with E-state index >= 15 is 0 Å². The number of carbonyl (C=O) groups excluding carboxylic acids is 1. The van der Waals surface area contributed by atoms with Crippen LogP contribution in [0.3, 0.4) is 0 Å². The van der Waals surface area contributed by atoms with Crippen LogP contribution in [0, 0.1) is 0 Å². The lowest BCUT2D eigenvalue weighted by atomic mass is 10.1. The Labute approximate surface area is 176 Å². The maximum atomic E-state index is 13.7. The number of fused-ring (bicyclic) bond motifs is 1. The zero-order valence-electron chi connectivity index (χ0n) is 16.9. The van der Waals surface area contributed by atoms with Crippen LogP contribution in [-0.2, 0) is 4.74 Å². The smallest absolute Gasteiger partial charge is 0.377 e. The number of alkyl halides is 3. The molecular formula is C20H22F3N5O3. The molecule has 1 fully saturated rings. The Kier molecular flexibility index (Phi) is 5.69. The molecule has 0 aliphatic carbocycles. The van der Waals surface area contributed by atoms with Crippen molar-refractivity contribution in [3.8, 4) is 0 Å². The van der Waals surface area contributed by atoms with Gasteiger partial charge in [0.1, 0.15) is 11.9 Å². The minimum absolute atomic E-state index is 0.0509. The first-order chi connectivity index (χ1) is 14.8. The van der Waals surface area contributed by atoms with Gasteiger partial charge in [0.05, 0.1) is 25.8 Å². The second-order valence-corrected chi connectivity index (χ2v) is 7.67. The van der Waals surface area contributed by atoms with E-state index in [0.717, 1.165) is 6.07 Å². The highest BCUT2D eigenvalue weighted by Crippen LogP contribution is 2.38. The first-order valence-electron chi connectivity index (χ1n) is 9.98. The van der Waals surface area contributed by atoms with Crippen LogP contribution in [0.1, 0.15) is 29.7 Å². The third-order valence-corrected chi connectivity index (χ3v) is 5.54. The summed E-state index contributed by atoms with van der Waals surface area (Å²) in [4.78, 5) is 37.1. The highest BCUT2D eigenvalue weighted by atomic mass is 19.4. The number of Topliss-reactive ketones (excluding diaryl/α,β-unsaturated/α-hetero) is 1. The van der Waals surface area contributed by atoms with Gasteiger partial charge < -0.3 is 14.5 Å². The molecule has 0 bridgehead atoms. The van der Waals surface area contributed by atoms with Crippen molar-refractivity contribution in [3.05, 3.63) is 46.5 Å². The van der Waals surface area contributed by atoms with Crippen LogP contribution in [0.4, 0.5) is 24.9 Å². The molecule has 2 unspecified atom stereocenters. The van der Waals surface area contributed by atoms with Gasteiger partial charge in [-0.3, -0.25) is 19.1 Å². The maximum Gasteiger partial charge on any atom is 0.409 e. The molecule has 2 atom stereocenters. The summed E-state index contributed by atoms with van der Waals surface area (Å²) in [6.45, 7) is 2.96. The van der Waals surface area contributed by atoms with Gasteiger partial charge >= 0.3 is 6.18 Å².